The lowest BCUT2D eigenvalue weighted by Crippen LogP contribution is -2.40. The van der Waals surface area contributed by atoms with Gasteiger partial charge in [0.25, 0.3) is 0 Å². The molecule has 40 heavy (non-hydrogen) atoms. The number of amides is 4. The number of likely N-dealkylation sites (tertiary alicyclic amines) is 2. The molecule has 2 saturated heterocycles. The molecule has 1 saturated carbocycles. The van der Waals surface area contributed by atoms with E-state index >= 15 is 0 Å². The summed E-state index contributed by atoms with van der Waals surface area (Å²) >= 11 is 0. The minimum Gasteiger partial charge on any atom is -0.508 e. The van der Waals surface area contributed by atoms with Gasteiger partial charge in [0.1, 0.15) is 23.0 Å². The Labute approximate surface area is 231 Å². The van der Waals surface area contributed by atoms with Gasteiger partial charge < -0.3 is 20.4 Å². The Balaban J connectivity index is 1.16. The van der Waals surface area contributed by atoms with E-state index in [1.54, 1.807) is 12.1 Å². The fourth-order valence-electron chi connectivity index (χ4n) is 6.44. The Morgan fingerprint density at radius 2 is 1.07 bits per heavy atom. The molecule has 212 valence electrons. The van der Waals surface area contributed by atoms with Crippen LogP contribution in [0.15, 0.2) is 36.4 Å². The molecule has 0 aromatic heterocycles. The molecule has 2 aromatic rings. The molecule has 4 amide bonds. The third-order valence-electron chi connectivity index (χ3n) is 8.52. The van der Waals surface area contributed by atoms with Crippen molar-refractivity contribution in [2.75, 3.05) is 13.1 Å². The standard InChI is InChI=1S/C30H34N2O8/c33-23-6-4-19(25(35)13-23)9-21-11-27(37)31(29(21)39)15-17-2-1-3-18(8-17)16-32-28(38)12-22(30(32)40)10-20-5-7-24(34)14-26(20)36/h4-7,13-14,17-18,21-22,33-36H,1-3,8-12,15-16H2. The molecule has 0 bridgehead atoms. The van der Waals surface area contributed by atoms with E-state index in [0.717, 1.165) is 19.3 Å². The van der Waals surface area contributed by atoms with Gasteiger partial charge >= 0.3 is 0 Å². The van der Waals surface area contributed by atoms with E-state index < -0.39 is 11.8 Å². The van der Waals surface area contributed by atoms with E-state index in [2.05, 4.69) is 0 Å². The van der Waals surface area contributed by atoms with E-state index in [0.29, 0.717) is 30.6 Å². The van der Waals surface area contributed by atoms with Crippen LogP contribution in [0.2, 0.25) is 0 Å². The normalized spacial score (nSPS) is 25.3. The molecule has 0 spiro atoms. The lowest BCUT2D eigenvalue weighted by Gasteiger charge is -2.33. The summed E-state index contributed by atoms with van der Waals surface area (Å²) in [6, 6.07) is 8.40. The topological polar surface area (TPSA) is 156 Å². The maximum absolute atomic E-state index is 13.1. The van der Waals surface area contributed by atoms with Gasteiger partial charge in [-0.25, -0.2) is 0 Å². The zero-order valence-corrected chi connectivity index (χ0v) is 22.2. The summed E-state index contributed by atoms with van der Waals surface area (Å²) in [5, 5.41) is 39.2. The van der Waals surface area contributed by atoms with Gasteiger partial charge in [0.15, 0.2) is 0 Å². The Hall–Kier alpha value is -4.08. The molecular weight excluding hydrogens is 516 g/mol. The lowest BCUT2D eigenvalue weighted by atomic mass is 9.81. The van der Waals surface area contributed by atoms with Gasteiger partial charge in [0.2, 0.25) is 23.6 Å². The SMILES string of the molecule is O=C1CC(Cc2ccc(O)cc2O)C(=O)N1CC1CCCC(CN2C(=O)CC(Cc3ccc(O)cc3O)C2=O)C1. The molecule has 1 aliphatic carbocycles. The molecule has 10 nitrogen and oxygen atoms in total. The first kappa shape index (κ1) is 27.5. The van der Waals surface area contributed by atoms with Crippen molar-refractivity contribution >= 4 is 23.6 Å². The van der Waals surface area contributed by atoms with Crippen LogP contribution in [0.25, 0.3) is 0 Å². The van der Waals surface area contributed by atoms with Crippen molar-refractivity contribution in [3.63, 3.8) is 0 Å². The molecule has 0 radical (unpaired) electrons. The van der Waals surface area contributed by atoms with E-state index in [4.69, 9.17) is 0 Å². The smallest absolute Gasteiger partial charge is 0.233 e. The van der Waals surface area contributed by atoms with Crippen LogP contribution in [0.5, 0.6) is 23.0 Å². The molecular formula is C30H34N2O8. The van der Waals surface area contributed by atoms with Crippen LogP contribution in [-0.4, -0.2) is 66.9 Å². The quantitative estimate of drug-likeness (QED) is 0.366. The Kier molecular flexibility index (Phi) is 7.69. The van der Waals surface area contributed by atoms with Crippen molar-refractivity contribution < 1.29 is 39.6 Å². The van der Waals surface area contributed by atoms with Gasteiger partial charge in [-0.3, -0.25) is 29.0 Å². The van der Waals surface area contributed by atoms with Crippen molar-refractivity contribution in [1.82, 2.24) is 9.80 Å². The number of phenolic OH excluding ortho intramolecular Hbond substituents is 4. The third-order valence-corrected chi connectivity index (χ3v) is 8.52. The second-order valence-corrected chi connectivity index (χ2v) is 11.4. The van der Waals surface area contributed by atoms with Crippen molar-refractivity contribution in [1.29, 1.82) is 0 Å². The Morgan fingerprint density at radius 1 is 0.650 bits per heavy atom. The largest absolute Gasteiger partial charge is 0.508 e. The number of carbonyl (C=O) groups is 4. The maximum atomic E-state index is 13.1. The first-order valence-corrected chi connectivity index (χ1v) is 13.8. The van der Waals surface area contributed by atoms with Crippen molar-refractivity contribution in [2.24, 2.45) is 23.7 Å². The number of hydrogen-bond donors (Lipinski definition) is 4. The summed E-state index contributed by atoms with van der Waals surface area (Å²) in [5.41, 5.74) is 1.00. The average Bonchev–Trinajstić information content (AvgIpc) is 3.31. The highest BCUT2D eigenvalue weighted by atomic mass is 16.3. The Bertz CT molecular complexity index is 1240. The van der Waals surface area contributed by atoms with Gasteiger partial charge in [-0.2, -0.15) is 0 Å². The number of hydrogen-bond acceptors (Lipinski definition) is 8. The molecule has 3 fully saturated rings. The second kappa shape index (κ2) is 11.2. The van der Waals surface area contributed by atoms with Crippen LogP contribution in [-0.2, 0) is 32.0 Å². The fourth-order valence-corrected chi connectivity index (χ4v) is 6.44. The molecule has 10 heteroatoms. The van der Waals surface area contributed by atoms with Gasteiger partial charge in [-0.1, -0.05) is 18.6 Å². The molecule has 4 N–H and O–H groups in total. The predicted octanol–water partition coefficient (Wildman–Crippen LogP) is 2.85. The van der Waals surface area contributed by atoms with Crippen molar-refractivity contribution in [3.8, 4) is 23.0 Å². The molecule has 4 atom stereocenters. The summed E-state index contributed by atoms with van der Waals surface area (Å²) in [6.07, 6.45) is 3.83. The van der Waals surface area contributed by atoms with Crippen molar-refractivity contribution in [2.45, 2.75) is 51.4 Å². The zero-order chi connectivity index (χ0) is 28.6. The number of imide groups is 2. The molecule has 2 aliphatic heterocycles. The number of rotatable bonds is 8. The lowest BCUT2D eigenvalue weighted by molar-refractivity contribution is -0.141. The predicted molar refractivity (Wildman–Crippen MR) is 142 cm³/mol. The highest BCUT2D eigenvalue weighted by molar-refractivity contribution is 6.04. The van der Waals surface area contributed by atoms with Crippen LogP contribution < -0.4 is 0 Å². The monoisotopic (exact) mass is 550 g/mol. The molecule has 5 rings (SSSR count). The van der Waals surface area contributed by atoms with Gasteiger partial charge in [0.05, 0.1) is 11.8 Å². The van der Waals surface area contributed by atoms with E-state index in [-0.39, 0.29) is 84.1 Å². The number of carbonyl (C=O) groups excluding carboxylic acids is 4. The van der Waals surface area contributed by atoms with Gasteiger partial charge in [0, 0.05) is 38.1 Å². The summed E-state index contributed by atoms with van der Waals surface area (Å²) in [6.45, 7) is 0.605. The average molecular weight is 551 g/mol. The first-order valence-electron chi connectivity index (χ1n) is 13.8. The number of benzene rings is 2. The first-order chi connectivity index (χ1) is 19.1. The molecule has 2 heterocycles. The summed E-state index contributed by atoms with van der Waals surface area (Å²) in [7, 11) is 0. The second-order valence-electron chi connectivity index (χ2n) is 11.4. The van der Waals surface area contributed by atoms with Gasteiger partial charge in [-0.15, -0.1) is 0 Å². The van der Waals surface area contributed by atoms with Crippen molar-refractivity contribution in [3.05, 3.63) is 47.5 Å². The molecule has 3 aliphatic rings. The van der Waals surface area contributed by atoms with Crippen LogP contribution >= 0.6 is 0 Å². The zero-order valence-electron chi connectivity index (χ0n) is 22.2. The number of aromatic hydroxyl groups is 4. The summed E-state index contributed by atoms with van der Waals surface area (Å²) in [4.78, 5) is 54.3. The minimum absolute atomic E-state index is 0.0735. The Morgan fingerprint density at radius 3 is 1.48 bits per heavy atom. The van der Waals surface area contributed by atoms with E-state index in [1.807, 2.05) is 0 Å². The van der Waals surface area contributed by atoms with Crippen LogP contribution in [0.1, 0.15) is 49.7 Å². The third kappa shape index (κ3) is 5.76. The van der Waals surface area contributed by atoms with Crippen LogP contribution in [0.3, 0.4) is 0 Å². The molecule has 4 unspecified atom stereocenters. The highest BCUT2D eigenvalue weighted by Crippen LogP contribution is 2.36. The maximum Gasteiger partial charge on any atom is 0.233 e. The number of phenols is 4. The van der Waals surface area contributed by atoms with E-state index in [9.17, 15) is 39.6 Å². The highest BCUT2D eigenvalue weighted by Gasteiger charge is 2.42. The minimum atomic E-state index is -0.563. The summed E-state index contributed by atoms with van der Waals surface area (Å²) < 4.78 is 0. The summed E-state index contributed by atoms with van der Waals surface area (Å²) in [5.74, 6) is -2.34. The number of nitrogens with zero attached hydrogens (tertiary/aromatic N) is 2. The van der Waals surface area contributed by atoms with Gasteiger partial charge in [-0.05, 0) is 67.2 Å². The van der Waals surface area contributed by atoms with Crippen LogP contribution in [0.4, 0.5) is 0 Å². The molecule has 2 aromatic carbocycles. The van der Waals surface area contributed by atoms with E-state index in [1.165, 1.54) is 34.1 Å². The fraction of sp³-hybridized carbons (Fsp3) is 0.467. The van der Waals surface area contributed by atoms with Crippen LogP contribution in [0, 0.1) is 23.7 Å².